The van der Waals surface area contributed by atoms with Gasteiger partial charge in [-0.05, 0) is 70.3 Å². The Bertz CT molecular complexity index is 1470. The Morgan fingerprint density at radius 2 is 1.72 bits per heavy atom. The third kappa shape index (κ3) is 5.78. The first-order valence-electron chi connectivity index (χ1n) is 11.9. The number of anilines is 1. The molecule has 0 unspecified atom stereocenters. The number of benzene rings is 3. The van der Waals surface area contributed by atoms with Crippen LogP contribution in [0.25, 0.3) is 10.9 Å². The molecule has 0 atom stereocenters. The van der Waals surface area contributed by atoms with Crippen molar-refractivity contribution in [2.24, 2.45) is 4.99 Å². The zero-order valence-corrected chi connectivity index (χ0v) is 21.8. The van der Waals surface area contributed by atoms with Crippen molar-refractivity contribution in [2.75, 3.05) is 25.4 Å². The van der Waals surface area contributed by atoms with Crippen molar-refractivity contribution >= 4 is 38.0 Å². The van der Waals surface area contributed by atoms with E-state index >= 15 is 0 Å². The molecule has 0 bridgehead atoms. The SMILES string of the molecule is CC(C)S(=O)(=O)Nc1ccc2[nH]c(O)c(C(=Nc3ccc(CCN(C)C)cc3)c3ccccc3)c2c1. The van der Waals surface area contributed by atoms with Crippen LogP contribution in [0.2, 0.25) is 0 Å². The molecule has 36 heavy (non-hydrogen) atoms. The fourth-order valence-electron chi connectivity index (χ4n) is 3.84. The number of nitrogens with zero attached hydrogens (tertiary/aromatic N) is 2. The lowest BCUT2D eigenvalue weighted by molar-refractivity contribution is 0.413. The molecule has 4 rings (SSSR count). The van der Waals surface area contributed by atoms with Crippen molar-refractivity contribution in [3.05, 3.63) is 89.5 Å². The highest BCUT2D eigenvalue weighted by atomic mass is 32.2. The van der Waals surface area contributed by atoms with Gasteiger partial charge in [0, 0.05) is 28.7 Å². The van der Waals surface area contributed by atoms with Crippen molar-refractivity contribution < 1.29 is 13.5 Å². The minimum absolute atomic E-state index is 0.0286. The molecule has 8 heteroatoms. The Morgan fingerprint density at radius 3 is 2.36 bits per heavy atom. The summed E-state index contributed by atoms with van der Waals surface area (Å²) in [4.78, 5) is 10.1. The summed E-state index contributed by atoms with van der Waals surface area (Å²) in [6.07, 6.45) is 0.945. The molecule has 188 valence electrons. The highest BCUT2D eigenvalue weighted by molar-refractivity contribution is 7.93. The first-order valence-corrected chi connectivity index (χ1v) is 13.4. The summed E-state index contributed by atoms with van der Waals surface area (Å²) in [6.45, 7) is 4.21. The Morgan fingerprint density at radius 1 is 1.03 bits per heavy atom. The van der Waals surface area contributed by atoms with Gasteiger partial charge in [0.15, 0.2) is 5.88 Å². The van der Waals surface area contributed by atoms with Crippen LogP contribution < -0.4 is 4.72 Å². The van der Waals surface area contributed by atoms with Crippen LogP contribution in [0.15, 0.2) is 77.8 Å². The van der Waals surface area contributed by atoms with Crippen molar-refractivity contribution in [1.29, 1.82) is 0 Å². The molecule has 1 aromatic heterocycles. The second-order valence-electron chi connectivity index (χ2n) is 9.35. The number of sulfonamides is 1. The molecule has 3 N–H and O–H groups in total. The molecule has 4 aromatic rings. The maximum atomic E-state index is 12.4. The second-order valence-corrected chi connectivity index (χ2v) is 11.6. The van der Waals surface area contributed by atoms with Crippen LogP contribution in [0.3, 0.4) is 0 Å². The van der Waals surface area contributed by atoms with Gasteiger partial charge in [0.1, 0.15) is 0 Å². The summed E-state index contributed by atoms with van der Waals surface area (Å²) in [6, 6.07) is 22.9. The van der Waals surface area contributed by atoms with Gasteiger partial charge in [-0.3, -0.25) is 4.72 Å². The van der Waals surface area contributed by atoms with Gasteiger partial charge in [-0.15, -0.1) is 0 Å². The summed E-state index contributed by atoms with van der Waals surface area (Å²) < 4.78 is 27.5. The van der Waals surface area contributed by atoms with E-state index in [0.29, 0.717) is 27.9 Å². The van der Waals surface area contributed by atoms with Crippen molar-refractivity contribution in [2.45, 2.75) is 25.5 Å². The Hall–Kier alpha value is -3.62. The molecule has 0 saturated heterocycles. The highest BCUT2D eigenvalue weighted by Crippen LogP contribution is 2.33. The number of aromatic amines is 1. The number of rotatable bonds is 9. The highest BCUT2D eigenvalue weighted by Gasteiger charge is 2.21. The molecule has 0 spiro atoms. The van der Waals surface area contributed by atoms with E-state index in [9.17, 15) is 13.5 Å². The number of fused-ring (bicyclic) bond motifs is 1. The third-order valence-electron chi connectivity index (χ3n) is 5.97. The number of aliphatic imine (C=N–C) groups is 1. The number of aromatic hydroxyl groups is 1. The van der Waals surface area contributed by atoms with E-state index < -0.39 is 15.3 Å². The van der Waals surface area contributed by atoms with E-state index in [0.717, 1.165) is 24.2 Å². The van der Waals surface area contributed by atoms with Gasteiger partial charge in [-0.25, -0.2) is 13.4 Å². The van der Waals surface area contributed by atoms with Gasteiger partial charge >= 0.3 is 0 Å². The molecule has 0 radical (unpaired) electrons. The maximum Gasteiger partial charge on any atom is 0.235 e. The van der Waals surface area contributed by atoms with Crippen molar-refractivity contribution in [1.82, 2.24) is 9.88 Å². The van der Waals surface area contributed by atoms with Gasteiger partial charge in [0.25, 0.3) is 0 Å². The van der Waals surface area contributed by atoms with Gasteiger partial charge in [-0.1, -0.05) is 42.5 Å². The second kappa shape index (κ2) is 10.6. The molecule has 1 heterocycles. The Balaban J connectivity index is 1.81. The topological polar surface area (TPSA) is 97.8 Å². The maximum absolute atomic E-state index is 12.4. The van der Waals surface area contributed by atoms with E-state index in [1.165, 1.54) is 5.56 Å². The van der Waals surface area contributed by atoms with Crippen molar-refractivity contribution in [3.63, 3.8) is 0 Å². The van der Waals surface area contributed by atoms with Crippen molar-refractivity contribution in [3.8, 4) is 5.88 Å². The van der Waals surface area contributed by atoms with E-state index in [1.807, 2.05) is 42.5 Å². The van der Waals surface area contributed by atoms with E-state index in [2.05, 4.69) is 40.8 Å². The predicted molar refractivity (Wildman–Crippen MR) is 148 cm³/mol. The normalized spacial score (nSPS) is 12.6. The largest absolute Gasteiger partial charge is 0.494 e. The van der Waals surface area contributed by atoms with Gasteiger partial charge in [0.2, 0.25) is 10.0 Å². The molecule has 0 fully saturated rings. The molecule has 3 aromatic carbocycles. The molecule has 0 aliphatic heterocycles. The number of H-pyrrole nitrogens is 1. The summed E-state index contributed by atoms with van der Waals surface area (Å²) in [5, 5.41) is 11.0. The molecule has 0 aliphatic carbocycles. The van der Waals surface area contributed by atoms with Crippen LogP contribution in [0.1, 0.15) is 30.5 Å². The standard InChI is InChI=1S/C28H32N4O3S/c1-19(2)36(34,35)31-23-14-15-25-24(18-23)26(28(33)30-25)27(21-8-6-5-7-9-21)29-22-12-10-20(11-13-22)16-17-32(3)4/h5-15,18-19,30-31,33H,16-17H2,1-4H3. The average molecular weight is 505 g/mol. The fourth-order valence-corrected chi connectivity index (χ4v) is 4.53. The lowest BCUT2D eigenvalue weighted by Crippen LogP contribution is -2.22. The molecule has 0 saturated carbocycles. The summed E-state index contributed by atoms with van der Waals surface area (Å²) in [5.41, 5.74) is 5.02. The van der Waals surface area contributed by atoms with Crippen LogP contribution >= 0.6 is 0 Å². The Labute approximate surface area is 212 Å². The van der Waals surface area contributed by atoms with Crippen LogP contribution in [0.4, 0.5) is 11.4 Å². The van der Waals surface area contributed by atoms with Gasteiger partial charge in [0.05, 0.1) is 22.2 Å². The van der Waals surface area contributed by atoms with Gasteiger partial charge < -0.3 is 15.0 Å². The minimum atomic E-state index is -3.52. The van der Waals surface area contributed by atoms with Crippen LogP contribution in [-0.2, 0) is 16.4 Å². The average Bonchev–Trinajstić information content (AvgIpc) is 3.17. The monoisotopic (exact) mass is 504 g/mol. The summed E-state index contributed by atoms with van der Waals surface area (Å²) in [7, 11) is 0.589. The molecule has 7 nitrogen and oxygen atoms in total. The quantitative estimate of drug-likeness (QED) is 0.270. The van der Waals surface area contributed by atoms with E-state index in [4.69, 9.17) is 4.99 Å². The molecule has 0 aliphatic rings. The van der Waals surface area contributed by atoms with Crippen LogP contribution in [0, 0.1) is 0 Å². The van der Waals surface area contributed by atoms with Gasteiger partial charge in [-0.2, -0.15) is 0 Å². The minimum Gasteiger partial charge on any atom is -0.494 e. The van der Waals surface area contributed by atoms with E-state index in [-0.39, 0.29) is 5.88 Å². The fraction of sp³-hybridized carbons (Fsp3) is 0.250. The first kappa shape index (κ1) is 25.5. The summed E-state index contributed by atoms with van der Waals surface area (Å²) in [5.74, 6) is -0.0286. The lowest BCUT2D eigenvalue weighted by atomic mass is 10.0. The number of likely N-dealkylation sites (N-methyl/N-ethyl adjacent to an activating group) is 1. The smallest absolute Gasteiger partial charge is 0.235 e. The predicted octanol–water partition coefficient (Wildman–Crippen LogP) is 5.30. The third-order valence-corrected chi connectivity index (χ3v) is 7.73. The zero-order chi connectivity index (χ0) is 25.9. The number of nitrogens with one attached hydrogen (secondary N) is 2. The molecular formula is C28H32N4O3S. The molecule has 0 amide bonds. The zero-order valence-electron chi connectivity index (χ0n) is 21.0. The van der Waals surface area contributed by atoms with Crippen LogP contribution in [-0.4, -0.2) is 55.0 Å². The number of aromatic nitrogens is 1. The number of hydrogen-bond donors (Lipinski definition) is 3. The summed E-state index contributed by atoms with van der Waals surface area (Å²) >= 11 is 0. The number of hydrogen-bond acceptors (Lipinski definition) is 5. The van der Waals surface area contributed by atoms with E-state index in [1.54, 1.807) is 32.0 Å². The Kier molecular flexibility index (Phi) is 7.47. The van der Waals surface area contributed by atoms with Crippen LogP contribution in [0.5, 0.6) is 5.88 Å². The lowest BCUT2D eigenvalue weighted by Gasteiger charge is -2.12. The first-order chi connectivity index (χ1) is 17.1. The molecular weight excluding hydrogens is 472 g/mol.